The number of carbonyl (C=O) groups excluding carboxylic acids is 2. The fraction of sp³-hybridized carbons (Fsp3) is 0.267. The number of carbonyl (C=O) groups is 2. The molecular weight excluding hydrogens is 286 g/mol. The third-order valence-electron chi connectivity index (χ3n) is 3.10. The van der Waals surface area contributed by atoms with E-state index in [1.54, 1.807) is 6.07 Å². The van der Waals surface area contributed by atoms with Gasteiger partial charge in [0.05, 0.1) is 11.0 Å². The highest BCUT2D eigenvalue weighted by atomic mass is 16.7. The van der Waals surface area contributed by atoms with Crippen molar-refractivity contribution in [3.63, 3.8) is 0 Å². The van der Waals surface area contributed by atoms with Crippen molar-refractivity contribution >= 4 is 28.7 Å². The molecule has 1 aromatic carbocycles. The second-order valence-corrected chi connectivity index (χ2v) is 5.44. The average molecular weight is 301 g/mol. The summed E-state index contributed by atoms with van der Waals surface area (Å²) in [5, 5.41) is 2.89. The summed E-state index contributed by atoms with van der Waals surface area (Å²) in [4.78, 5) is 31.0. The Bertz CT molecular complexity index is 782. The number of aromatic amines is 1. The van der Waals surface area contributed by atoms with Crippen LogP contribution in [-0.2, 0) is 19.1 Å². The van der Waals surface area contributed by atoms with Crippen molar-refractivity contribution in [2.45, 2.75) is 26.6 Å². The second kappa shape index (κ2) is 4.87. The predicted octanol–water partition coefficient (Wildman–Crippen LogP) is 2.00. The molecule has 114 valence electrons. The monoisotopic (exact) mass is 301 g/mol. The molecule has 1 fully saturated rings. The first-order valence-corrected chi connectivity index (χ1v) is 6.74. The number of aryl methyl sites for hydroxylation is 1. The first-order chi connectivity index (χ1) is 10.3. The van der Waals surface area contributed by atoms with Crippen molar-refractivity contribution in [1.29, 1.82) is 0 Å². The largest absolute Gasteiger partial charge is 0.419 e. The maximum atomic E-state index is 11.8. The van der Waals surface area contributed by atoms with Crippen molar-refractivity contribution < 1.29 is 19.1 Å². The molecule has 1 saturated heterocycles. The van der Waals surface area contributed by atoms with E-state index in [-0.39, 0.29) is 5.57 Å². The SMILES string of the molecule is Cc1nc2ccc(NC=C3C(=O)OC(C)(C)OC3=O)cc2[nH]1. The number of hydrogen-bond acceptors (Lipinski definition) is 6. The van der Waals surface area contributed by atoms with E-state index >= 15 is 0 Å². The number of ether oxygens (including phenoxy) is 2. The standard InChI is InChI=1S/C15H15N3O4/c1-8-17-11-5-4-9(6-12(11)18-8)16-7-10-13(19)21-15(2,3)22-14(10)20/h4-7,16H,1-3H3,(H,17,18). The van der Waals surface area contributed by atoms with Crippen molar-refractivity contribution in [1.82, 2.24) is 9.97 Å². The first-order valence-electron chi connectivity index (χ1n) is 6.74. The van der Waals surface area contributed by atoms with Crippen LogP contribution in [0.4, 0.5) is 5.69 Å². The zero-order valence-corrected chi connectivity index (χ0v) is 12.4. The van der Waals surface area contributed by atoms with Crippen LogP contribution in [0.1, 0.15) is 19.7 Å². The number of imidazole rings is 1. The van der Waals surface area contributed by atoms with Gasteiger partial charge in [0.1, 0.15) is 5.82 Å². The Morgan fingerprint density at radius 2 is 1.91 bits per heavy atom. The Labute approximate surface area is 126 Å². The van der Waals surface area contributed by atoms with Gasteiger partial charge in [-0.1, -0.05) is 0 Å². The lowest BCUT2D eigenvalue weighted by Gasteiger charge is -2.29. The molecule has 1 aromatic heterocycles. The summed E-state index contributed by atoms with van der Waals surface area (Å²) in [6.07, 6.45) is 1.28. The fourth-order valence-electron chi connectivity index (χ4n) is 2.16. The molecule has 3 rings (SSSR count). The minimum absolute atomic E-state index is 0.180. The molecule has 2 N–H and O–H groups in total. The summed E-state index contributed by atoms with van der Waals surface area (Å²) in [6, 6.07) is 5.46. The molecule has 0 aliphatic carbocycles. The molecule has 0 saturated carbocycles. The van der Waals surface area contributed by atoms with Crippen molar-refractivity contribution in [2.75, 3.05) is 5.32 Å². The van der Waals surface area contributed by atoms with Crippen molar-refractivity contribution in [2.24, 2.45) is 0 Å². The molecule has 2 aromatic rings. The summed E-state index contributed by atoms with van der Waals surface area (Å²) in [6.45, 7) is 4.87. The number of fused-ring (bicyclic) bond motifs is 1. The molecule has 1 aliphatic rings. The average Bonchev–Trinajstić information content (AvgIpc) is 2.75. The number of aromatic nitrogens is 2. The number of nitrogens with zero attached hydrogens (tertiary/aromatic N) is 1. The number of H-pyrrole nitrogens is 1. The Morgan fingerprint density at radius 1 is 1.23 bits per heavy atom. The van der Waals surface area contributed by atoms with Crippen LogP contribution in [0.2, 0.25) is 0 Å². The van der Waals surface area contributed by atoms with Gasteiger partial charge in [0.15, 0.2) is 5.57 Å². The second-order valence-electron chi connectivity index (χ2n) is 5.44. The van der Waals surface area contributed by atoms with Crippen LogP contribution in [0.25, 0.3) is 11.0 Å². The Morgan fingerprint density at radius 3 is 2.59 bits per heavy atom. The van der Waals surface area contributed by atoms with Crippen LogP contribution in [0.3, 0.4) is 0 Å². The molecule has 0 unspecified atom stereocenters. The van der Waals surface area contributed by atoms with Crippen LogP contribution in [0.5, 0.6) is 0 Å². The van der Waals surface area contributed by atoms with Crippen molar-refractivity contribution in [3.8, 4) is 0 Å². The Kier molecular flexibility index (Phi) is 3.13. The number of nitrogens with one attached hydrogen (secondary N) is 2. The minimum Gasteiger partial charge on any atom is -0.419 e. The number of benzene rings is 1. The van der Waals surface area contributed by atoms with Gasteiger partial charge in [0, 0.05) is 25.7 Å². The van der Waals surface area contributed by atoms with Gasteiger partial charge >= 0.3 is 11.9 Å². The zero-order valence-electron chi connectivity index (χ0n) is 12.4. The molecule has 0 atom stereocenters. The number of rotatable bonds is 2. The van der Waals surface area contributed by atoms with Crippen LogP contribution in [-0.4, -0.2) is 27.7 Å². The lowest BCUT2D eigenvalue weighted by Crippen LogP contribution is -2.42. The zero-order chi connectivity index (χ0) is 15.9. The van der Waals surface area contributed by atoms with E-state index in [4.69, 9.17) is 9.47 Å². The third-order valence-corrected chi connectivity index (χ3v) is 3.10. The Balaban J connectivity index is 1.82. The highest BCUT2D eigenvalue weighted by Gasteiger charge is 2.38. The van der Waals surface area contributed by atoms with E-state index in [1.807, 2.05) is 19.1 Å². The fourth-order valence-corrected chi connectivity index (χ4v) is 2.16. The Hall–Kier alpha value is -2.83. The van der Waals surface area contributed by atoms with Gasteiger partial charge in [0.25, 0.3) is 5.79 Å². The van der Waals surface area contributed by atoms with Crippen LogP contribution < -0.4 is 5.32 Å². The normalized spacial score (nSPS) is 17.1. The van der Waals surface area contributed by atoms with E-state index in [0.717, 1.165) is 16.9 Å². The number of esters is 2. The van der Waals surface area contributed by atoms with Gasteiger partial charge in [-0.3, -0.25) is 0 Å². The predicted molar refractivity (Wildman–Crippen MR) is 78.8 cm³/mol. The van der Waals surface area contributed by atoms with E-state index in [2.05, 4.69) is 15.3 Å². The van der Waals surface area contributed by atoms with Crippen LogP contribution in [0.15, 0.2) is 30.0 Å². The lowest BCUT2D eigenvalue weighted by atomic mass is 10.2. The van der Waals surface area contributed by atoms with E-state index in [0.29, 0.717) is 5.69 Å². The number of anilines is 1. The highest BCUT2D eigenvalue weighted by Crippen LogP contribution is 2.23. The molecule has 2 heterocycles. The third kappa shape index (κ3) is 2.65. The van der Waals surface area contributed by atoms with Gasteiger partial charge in [0.2, 0.25) is 0 Å². The summed E-state index contributed by atoms with van der Waals surface area (Å²) in [7, 11) is 0. The topological polar surface area (TPSA) is 93.3 Å². The van der Waals surface area contributed by atoms with Gasteiger partial charge in [-0.25, -0.2) is 14.6 Å². The molecule has 7 heteroatoms. The summed E-state index contributed by atoms with van der Waals surface area (Å²) in [5.74, 6) is -1.86. The smallest absolute Gasteiger partial charge is 0.350 e. The molecule has 1 aliphatic heterocycles. The first kappa shape index (κ1) is 14.1. The number of cyclic esters (lactones) is 2. The van der Waals surface area contributed by atoms with Gasteiger partial charge in [-0.05, 0) is 25.1 Å². The molecule has 7 nitrogen and oxygen atoms in total. The quantitative estimate of drug-likeness (QED) is 0.500. The highest BCUT2D eigenvalue weighted by molar-refractivity contribution is 6.15. The summed E-state index contributed by atoms with van der Waals surface area (Å²) >= 11 is 0. The maximum Gasteiger partial charge on any atom is 0.350 e. The molecular formula is C15H15N3O4. The molecule has 22 heavy (non-hydrogen) atoms. The van der Waals surface area contributed by atoms with Crippen molar-refractivity contribution in [3.05, 3.63) is 35.8 Å². The van der Waals surface area contributed by atoms with Gasteiger partial charge in [-0.2, -0.15) is 0 Å². The van der Waals surface area contributed by atoms with Crippen LogP contribution in [0, 0.1) is 6.92 Å². The molecule has 0 radical (unpaired) electrons. The number of hydrogen-bond donors (Lipinski definition) is 2. The molecule has 0 amide bonds. The van der Waals surface area contributed by atoms with Gasteiger partial charge in [-0.15, -0.1) is 0 Å². The summed E-state index contributed by atoms with van der Waals surface area (Å²) < 4.78 is 10.0. The maximum absolute atomic E-state index is 11.8. The van der Waals surface area contributed by atoms with E-state index < -0.39 is 17.7 Å². The van der Waals surface area contributed by atoms with Crippen LogP contribution >= 0.6 is 0 Å². The molecule has 0 bridgehead atoms. The lowest BCUT2D eigenvalue weighted by molar-refractivity contribution is -0.222. The van der Waals surface area contributed by atoms with E-state index in [9.17, 15) is 9.59 Å². The minimum atomic E-state index is -1.24. The summed E-state index contributed by atoms with van der Waals surface area (Å²) in [5.41, 5.74) is 2.22. The molecule has 0 spiro atoms. The van der Waals surface area contributed by atoms with Gasteiger partial charge < -0.3 is 19.8 Å². The van der Waals surface area contributed by atoms with E-state index in [1.165, 1.54) is 20.0 Å².